The molecule has 3 saturated carbocycles. The topological polar surface area (TPSA) is 20.2 Å². The zero-order chi connectivity index (χ0) is 19.9. The highest BCUT2D eigenvalue weighted by Crippen LogP contribution is 2.50. The Kier molecular flexibility index (Phi) is 9.20. The number of aliphatic hydroxyl groups excluding tert-OH is 1. The van der Waals surface area contributed by atoms with E-state index in [2.05, 4.69) is 20.8 Å². The lowest BCUT2D eigenvalue weighted by atomic mass is 9.59. The van der Waals surface area contributed by atoms with Crippen molar-refractivity contribution < 1.29 is 5.11 Å². The minimum absolute atomic E-state index is 0.397. The third-order valence-corrected chi connectivity index (χ3v) is 9.55. The molecule has 1 N–H and O–H groups in total. The quantitative estimate of drug-likeness (QED) is 0.447. The number of hydrogen-bond acceptors (Lipinski definition) is 1. The Bertz CT molecular complexity index is 424. The van der Waals surface area contributed by atoms with Crippen LogP contribution in [0.4, 0.5) is 0 Å². The van der Waals surface area contributed by atoms with Gasteiger partial charge in [0.2, 0.25) is 0 Å². The Hall–Kier alpha value is -0.0400. The summed E-state index contributed by atoms with van der Waals surface area (Å²) in [4.78, 5) is 0. The van der Waals surface area contributed by atoms with E-state index in [1.807, 2.05) is 0 Å². The third-order valence-electron chi connectivity index (χ3n) is 9.55. The molecule has 0 saturated heterocycles. The van der Waals surface area contributed by atoms with Crippen LogP contribution in [-0.4, -0.2) is 11.7 Å². The van der Waals surface area contributed by atoms with Gasteiger partial charge < -0.3 is 5.11 Å². The van der Waals surface area contributed by atoms with Crippen LogP contribution in [0.3, 0.4) is 0 Å². The summed E-state index contributed by atoms with van der Waals surface area (Å²) in [6.45, 7) is 7.75. The first-order chi connectivity index (χ1) is 13.6. The summed E-state index contributed by atoms with van der Waals surface area (Å²) in [6, 6.07) is 0. The average molecular weight is 391 g/mol. The second-order valence-corrected chi connectivity index (χ2v) is 11.2. The SMILES string of the molecule is CCC1CC(CCO)CCC1C1CCC(CCC2CCC(C)CC2)CC1CC. The van der Waals surface area contributed by atoms with E-state index in [9.17, 15) is 5.11 Å². The van der Waals surface area contributed by atoms with Crippen molar-refractivity contribution >= 4 is 0 Å². The van der Waals surface area contributed by atoms with Crippen molar-refractivity contribution in [3.8, 4) is 0 Å². The van der Waals surface area contributed by atoms with E-state index in [0.717, 1.165) is 53.8 Å². The van der Waals surface area contributed by atoms with Crippen molar-refractivity contribution in [3.05, 3.63) is 0 Å². The van der Waals surface area contributed by atoms with Crippen LogP contribution in [0.2, 0.25) is 0 Å². The number of hydrogen-bond donors (Lipinski definition) is 1. The largest absolute Gasteiger partial charge is 0.396 e. The zero-order valence-electron chi connectivity index (χ0n) is 19.4. The summed E-state index contributed by atoms with van der Waals surface area (Å²) in [5.74, 6) is 7.83. The highest BCUT2D eigenvalue weighted by Gasteiger charge is 2.40. The Balaban J connectivity index is 1.48. The van der Waals surface area contributed by atoms with Gasteiger partial charge in [-0.2, -0.15) is 0 Å². The van der Waals surface area contributed by atoms with E-state index in [4.69, 9.17) is 0 Å². The molecule has 0 spiro atoms. The van der Waals surface area contributed by atoms with Gasteiger partial charge in [0.15, 0.2) is 0 Å². The van der Waals surface area contributed by atoms with Crippen LogP contribution in [0.5, 0.6) is 0 Å². The fourth-order valence-corrected chi connectivity index (χ4v) is 7.63. The predicted molar refractivity (Wildman–Crippen MR) is 121 cm³/mol. The normalized spacial score (nSPS) is 42.4. The molecule has 0 radical (unpaired) electrons. The highest BCUT2D eigenvalue weighted by molar-refractivity contribution is 4.90. The molecule has 1 heteroatoms. The lowest BCUT2D eigenvalue weighted by molar-refractivity contribution is 0.0351. The maximum atomic E-state index is 9.36. The molecule has 6 unspecified atom stereocenters. The fraction of sp³-hybridized carbons (Fsp3) is 1.00. The van der Waals surface area contributed by atoms with Crippen LogP contribution in [0.25, 0.3) is 0 Å². The van der Waals surface area contributed by atoms with Gasteiger partial charge in [0, 0.05) is 6.61 Å². The van der Waals surface area contributed by atoms with Gasteiger partial charge in [-0.15, -0.1) is 0 Å². The average Bonchev–Trinajstić information content (AvgIpc) is 2.73. The first-order valence-corrected chi connectivity index (χ1v) is 13.2. The lowest BCUT2D eigenvalue weighted by Gasteiger charge is -2.46. The molecule has 0 aromatic rings. The van der Waals surface area contributed by atoms with Gasteiger partial charge in [0.05, 0.1) is 0 Å². The van der Waals surface area contributed by atoms with E-state index in [1.165, 1.54) is 89.9 Å². The van der Waals surface area contributed by atoms with Crippen molar-refractivity contribution in [3.63, 3.8) is 0 Å². The number of rotatable bonds is 8. The van der Waals surface area contributed by atoms with Crippen molar-refractivity contribution in [2.75, 3.05) is 6.61 Å². The minimum atomic E-state index is 0.397. The third kappa shape index (κ3) is 5.99. The highest BCUT2D eigenvalue weighted by atomic mass is 16.3. The molecular formula is C27H50O. The van der Waals surface area contributed by atoms with Gasteiger partial charge in [-0.1, -0.05) is 85.0 Å². The Morgan fingerprint density at radius 3 is 1.57 bits per heavy atom. The lowest BCUT2D eigenvalue weighted by Crippen LogP contribution is -2.37. The fourth-order valence-electron chi connectivity index (χ4n) is 7.63. The van der Waals surface area contributed by atoms with Crippen molar-refractivity contribution in [1.82, 2.24) is 0 Å². The molecule has 1 nitrogen and oxygen atoms in total. The second-order valence-electron chi connectivity index (χ2n) is 11.2. The Morgan fingerprint density at radius 1 is 0.607 bits per heavy atom. The first kappa shape index (κ1) is 22.6. The molecule has 0 aliphatic heterocycles. The molecule has 0 aromatic carbocycles. The van der Waals surface area contributed by atoms with Crippen LogP contribution in [0.15, 0.2) is 0 Å². The molecule has 0 aromatic heterocycles. The maximum absolute atomic E-state index is 9.36. The molecule has 3 rings (SSSR count). The second kappa shape index (κ2) is 11.4. The monoisotopic (exact) mass is 390 g/mol. The van der Waals surface area contributed by atoms with Crippen LogP contribution in [0.1, 0.15) is 117 Å². The first-order valence-electron chi connectivity index (χ1n) is 13.2. The predicted octanol–water partition coefficient (Wildman–Crippen LogP) is 7.86. The summed E-state index contributed by atoms with van der Waals surface area (Å²) >= 11 is 0. The summed E-state index contributed by atoms with van der Waals surface area (Å²) in [5, 5.41) is 9.36. The summed E-state index contributed by atoms with van der Waals surface area (Å²) in [5.41, 5.74) is 0. The van der Waals surface area contributed by atoms with Crippen LogP contribution < -0.4 is 0 Å². The van der Waals surface area contributed by atoms with Crippen LogP contribution >= 0.6 is 0 Å². The van der Waals surface area contributed by atoms with Gasteiger partial charge in [-0.3, -0.25) is 0 Å². The van der Waals surface area contributed by atoms with E-state index in [0.29, 0.717) is 6.61 Å². The standard InChI is InChI=1S/C27H50O/c1-4-24-18-22(11-10-21-8-6-20(3)7-9-21)12-14-26(24)27-15-13-23(16-17-28)19-25(27)5-2/h20-28H,4-19H2,1-3H3. The summed E-state index contributed by atoms with van der Waals surface area (Å²) in [7, 11) is 0. The van der Waals surface area contributed by atoms with E-state index >= 15 is 0 Å². The van der Waals surface area contributed by atoms with Gasteiger partial charge in [-0.05, 0) is 79.4 Å². The van der Waals surface area contributed by atoms with Crippen LogP contribution in [0, 0.1) is 47.3 Å². The maximum Gasteiger partial charge on any atom is 0.0433 e. The molecular weight excluding hydrogens is 340 g/mol. The van der Waals surface area contributed by atoms with Gasteiger partial charge in [0.25, 0.3) is 0 Å². The molecule has 3 fully saturated rings. The van der Waals surface area contributed by atoms with Gasteiger partial charge >= 0.3 is 0 Å². The summed E-state index contributed by atoms with van der Waals surface area (Å²) in [6.07, 6.45) is 21.7. The Morgan fingerprint density at radius 2 is 1.07 bits per heavy atom. The molecule has 3 aliphatic rings. The molecule has 164 valence electrons. The van der Waals surface area contributed by atoms with Crippen molar-refractivity contribution in [1.29, 1.82) is 0 Å². The smallest absolute Gasteiger partial charge is 0.0433 e. The van der Waals surface area contributed by atoms with E-state index < -0.39 is 0 Å². The van der Waals surface area contributed by atoms with Crippen LogP contribution in [-0.2, 0) is 0 Å². The van der Waals surface area contributed by atoms with Gasteiger partial charge in [0.1, 0.15) is 0 Å². The number of aliphatic hydroxyl groups is 1. The molecule has 6 atom stereocenters. The molecule has 0 amide bonds. The molecule has 0 bridgehead atoms. The van der Waals surface area contributed by atoms with E-state index in [1.54, 1.807) is 0 Å². The van der Waals surface area contributed by atoms with Gasteiger partial charge in [-0.25, -0.2) is 0 Å². The summed E-state index contributed by atoms with van der Waals surface area (Å²) < 4.78 is 0. The van der Waals surface area contributed by atoms with Crippen molar-refractivity contribution in [2.24, 2.45) is 47.3 Å². The van der Waals surface area contributed by atoms with E-state index in [-0.39, 0.29) is 0 Å². The molecule has 0 heterocycles. The Labute approximate surface area is 176 Å². The van der Waals surface area contributed by atoms with Crippen molar-refractivity contribution in [2.45, 2.75) is 117 Å². The zero-order valence-corrected chi connectivity index (χ0v) is 19.4. The molecule has 3 aliphatic carbocycles. The minimum Gasteiger partial charge on any atom is -0.396 e. The molecule has 28 heavy (non-hydrogen) atoms.